The Bertz CT molecular complexity index is 696. The first-order valence-electron chi connectivity index (χ1n) is 6.77. The summed E-state index contributed by atoms with van der Waals surface area (Å²) < 4.78 is 1.44. The van der Waals surface area contributed by atoms with Gasteiger partial charge in [-0.25, -0.2) is 4.79 Å². The van der Waals surface area contributed by atoms with Crippen LogP contribution in [0.15, 0.2) is 30.3 Å². The summed E-state index contributed by atoms with van der Waals surface area (Å²) >= 11 is 0. The molecule has 0 fully saturated rings. The van der Waals surface area contributed by atoms with Crippen molar-refractivity contribution in [2.24, 2.45) is 0 Å². The molecule has 21 heavy (non-hydrogen) atoms. The number of aromatic nitrogens is 2. The van der Waals surface area contributed by atoms with E-state index in [1.54, 1.807) is 4.90 Å². The lowest BCUT2D eigenvalue weighted by Gasteiger charge is -2.15. The molecule has 0 atom stereocenters. The van der Waals surface area contributed by atoms with E-state index in [-0.39, 0.29) is 11.6 Å². The highest BCUT2D eigenvalue weighted by Crippen LogP contribution is 2.24. The Hall–Kier alpha value is -2.63. The number of hydrogen-bond acceptors (Lipinski definition) is 3. The molecule has 0 spiro atoms. The zero-order valence-electron chi connectivity index (χ0n) is 11.6. The Balaban J connectivity index is 1.89. The van der Waals surface area contributed by atoms with Gasteiger partial charge < -0.3 is 10.0 Å². The summed E-state index contributed by atoms with van der Waals surface area (Å²) in [6, 6.07) is 9.25. The molecule has 1 amide bonds. The molecule has 6 nitrogen and oxygen atoms in total. The van der Waals surface area contributed by atoms with Crippen molar-refractivity contribution in [1.29, 1.82) is 0 Å². The average molecular weight is 285 g/mol. The summed E-state index contributed by atoms with van der Waals surface area (Å²) in [6.07, 6.45) is 0. The lowest BCUT2D eigenvalue weighted by Crippen LogP contribution is -2.27. The second-order valence-electron chi connectivity index (χ2n) is 4.97. The molecular formula is C15H15N3O3. The lowest BCUT2D eigenvalue weighted by molar-refractivity contribution is 0.0688. The van der Waals surface area contributed by atoms with Gasteiger partial charge in [-0.15, -0.1) is 0 Å². The van der Waals surface area contributed by atoms with E-state index in [4.69, 9.17) is 5.11 Å². The summed E-state index contributed by atoms with van der Waals surface area (Å²) in [5.41, 5.74) is 2.48. The Kier molecular flexibility index (Phi) is 3.21. The molecule has 0 bridgehead atoms. The van der Waals surface area contributed by atoms with Crippen molar-refractivity contribution in [3.63, 3.8) is 0 Å². The normalized spacial score (nSPS) is 13.3. The van der Waals surface area contributed by atoms with Crippen molar-refractivity contribution in [2.45, 2.75) is 26.6 Å². The van der Waals surface area contributed by atoms with E-state index in [0.29, 0.717) is 25.3 Å². The minimum absolute atomic E-state index is 0.100. The third kappa shape index (κ3) is 2.29. The van der Waals surface area contributed by atoms with E-state index in [2.05, 4.69) is 5.10 Å². The molecule has 0 aliphatic carbocycles. The zero-order valence-corrected chi connectivity index (χ0v) is 11.6. The monoisotopic (exact) mass is 285 g/mol. The second-order valence-corrected chi connectivity index (χ2v) is 4.97. The molecule has 0 saturated heterocycles. The number of rotatable bonds is 3. The number of carboxylic acid groups (broad SMARTS) is 1. The summed E-state index contributed by atoms with van der Waals surface area (Å²) in [5, 5.41) is 12.9. The molecule has 3 rings (SSSR count). The standard InChI is InChI=1S/C15H15N3O3/c1-2-18-13(7-12(16-18)15(20)21)14(19)17-8-10-5-3-4-6-11(10)9-17/h3-7H,2,8-9H2,1H3,(H,20,21). The van der Waals surface area contributed by atoms with Gasteiger partial charge in [0.05, 0.1) is 0 Å². The van der Waals surface area contributed by atoms with Crippen LogP contribution in [0.3, 0.4) is 0 Å². The number of carbonyl (C=O) groups is 2. The number of fused-ring (bicyclic) bond motifs is 1. The molecule has 1 aliphatic rings. The second kappa shape index (κ2) is 5.05. The molecule has 2 aromatic rings. The fourth-order valence-electron chi connectivity index (χ4n) is 2.57. The summed E-state index contributed by atoms with van der Waals surface area (Å²) in [5.74, 6) is -1.31. The maximum Gasteiger partial charge on any atom is 0.356 e. The van der Waals surface area contributed by atoms with Gasteiger partial charge in [-0.05, 0) is 18.1 Å². The quantitative estimate of drug-likeness (QED) is 0.932. The molecule has 2 heterocycles. The third-order valence-electron chi connectivity index (χ3n) is 3.65. The van der Waals surface area contributed by atoms with Crippen LogP contribution in [-0.2, 0) is 19.6 Å². The van der Waals surface area contributed by atoms with Gasteiger partial charge >= 0.3 is 5.97 Å². The molecule has 1 aromatic carbocycles. The van der Waals surface area contributed by atoms with E-state index < -0.39 is 5.97 Å². The number of nitrogens with zero attached hydrogens (tertiary/aromatic N) is 3. The van der Waals surface area contributed by atoms with Crippen LogP contribution in [0.5, 0.6) is 0 Å². The number of amides is 1. The lowest BCUT2D eigenvalue weighted by atomic mass is 10.1. The molecule has 6 heteroatoms. The van der Waals surface area contributed by atoms with Crippen molar-refractivity contribution in [3.8, 4) is 0 Å². The molecule has 108 valence electrons. The Morgan fingerprint density at radius 3 is 2.38 bits per heavy atom. The van der Waals surface area contributed by atoms with Crippen LogP contribution in [-0.4, -0.2) is 31.7 Å². The van der Waals surface area contributed by atoms with Crippen LogP contribution in [0, 0.1) is 0 Å². The Morgan fingerprint density at radius 1 is 1.24 bits per heavy atom. The topological polar surface area (TPSA) is 75.4 Å². The van der Waals surface area contributed by atoms with E-state index in [1.807, 2.05) is 31.2 Å². The molecule has 1 N–H and O–H groups in total. The van der Waals surface area contributed by atoms with Gasteiger partial charge in [-0.1, -0.05) is 24.3 Å². The highest BCUT2D eigenvalue weighted by atomic mass is 16.4. The van der Waals surface area contributed by atoms with Crippen LogP contribution in [0.2, 0.25) is 0 Å². The van der Waals surface area contributed by atoms with Crippen LogP contribution in [0.1, 0.15) is 39.0 Å². The molecule has 0 saturated carbocycles. The van der Waals surface area contributed by atoms with Gasteiger partial charge in [0, 0.05) is 25.7 Å². The SMILES string of the molecule is CCn1nc(C(=O)O)cc1C(=O)N1Cc2ccccc2C1. The van der Waals surface area contributed by atoms with Crippen LogP contribution < -0.4 is 0 Å². The first-order chi connectivity index (χ1) is 10.1. The first kappa shape index (κ1) is 13.4. The van der Waals surface area contributed by atoms with Gasteiger partial charge in [0.2, 0.25) is 0 Å². The van der Waals surface area contributed by atoms with E-state index in [9.17, 15) is 9.59 Å². The number of aromatic carboxylic acids is 1. The molecule has 0 unspecified atom stereocenters. The van der Waals surface area contributed by atoms with Crippen molar-refractivity contribution >= 4 is 11.9 Å². The fraction of sp³-hybridized carbons (Fsp3) is 0.267. The molecular weight excluding hydrogens is 270 g/mol. The predicted octanol–water partition coefficient (Wildman–Crippen LogP) is 1.76. The molecule has 1 aromatic heterocycles. The van der Waals surface area contributed by atoms with Gasteiger partial charge in [0.1, 0.15) is 5.69 Å². The predicted molar refractivity (Wildman–Crippen MR) is 74.9 cm³/mol. The number of hydrogen-bond donors (Lipinski definition) is 1. The number of benzene rings is 1. The number of carbonyl (C=O) groups excluding carboxylic acids is 1. The fourth-order valence-corrected chi connectivity index (χ4v) is 2.57. The number of aryl methyl sites for hydroxylation is 1. The van der Waals surface area contributed by atoms with E-state index in [1.165, 1.54) is 10.7 Å². The Morgan fingerprint density at radius 2 is 1.86 bits per heavy atom. The zero-order chi connectivity index (χ0) is 15.0. The van der Waals surface area contributed by atoms with Crippen LogP contribution in [0.25, 0.3) is 0 Å². The van der Waals surface area contributed by atoms with Gasteiger partial charge in [0.25, 0.3) is 5.91 Å². The summed E-state index contributed by atoms with van der Waals surface area (Å²) in [7, 11) is 0. The third-order valence-corrected chi connectivity index (χ3v) is 3.65. The maximum absolute atomic E-state index is 12.6. The average Bonchev–Trinajstić information content (AvgIpc) is 3.10. The summed E-state index contributed by atoms with van der Waals surface area (Å²) in [4.78, 5) is 25.3. The highest BCUT2D eigenvalue weighted by molar-refractivity contribution is 5.96. The van der Waals surface area contributed by atoms with Crippen LogP contribution in [0.4, 0.5) is 0 Å². The Labute approximate surface area is 121 Å². The van der Waals surface area contributed by atoms with Crippen molar-refractivity contribution < 1.29 is 14.7 Å². The molecule has 1 aliphatic heterocycles. The van der Waals surface area contributed by atoms with E-state index >= 15 is 0 Å². The minimum Gasteiger partial charge on any atom is -0.476 e. The van der Waals surface area contributed by atoms with Gasteiger partial charge in [-0.3, -0.25) is 9.48 Å². The van der Waals surface area contributed by atoms with Gasteiger partial charge in [-0.2, -0.15) is 5.10 Å². The van der Waals surface area contributed by atoms with E-state index in [0.717, 1.165) is 11.1 Å². The van der Waals surface area contributed by atoms with Gasteiger partial charge in [0.15, 0.2) is 5.69 Å². The highest BCUT2D eigenvalue weighted by Gasteiger charge is 2.27. The number of carboxylic acids is 1. The maximum atomic E-state index is 12.6. The summed E-state index contributed by atoms with van der Waals surface area (Å²) in [6.45, 7) is 3.38. The largest absolute Gasteiger partial charge is 0.476 e. The van der Waals surface area contributed by atoms with Crippen molar-refractivity contribution in [2.75, 3.05) is 0 Å². The minimum atomic E-state index is -1.12. The first-order valence-corrected chi connectivity index (χ1v) is 6.77. The van der Waals surface area contributed by atoms with Crippen LogP contribution >= 0.6 is 0 Å². The van der Waals surface area contributed by atoms with Crippen molar-refractivity contribution in [1.82, 2.24) is 14.7 Å². The van der Waals surface area contributed by atoms with Crippen molar-refractivity contribution in [3.05, 3.63) is 52.8 Å². The smallest absolute Gasteiger partial charge is 0.356 e. The molecule has 0 radical (unpaired) electrons.